The summed E-state index contributed by atoms with van der Waals surface area (Å²) in [5.41, 5.74) is -0.311. The lowest BCUT2D eigenvalue weighted by Gasteiger charge is -2.56. The largest absolute Gasteiger partial charge is 0.444 e. The van der Waals surface area contributed by atoms with E-state index in [1.54, 1.807) is 17.2 Å². The molecule has 1 aliphatic rings. The van der Waals surface area contributed by atoms with Gasteiger partial charge in [0.05, 0.1) is 12.7 Å². The van der Waals surface area contributed by atoms with E-state index in [2.05, 4.69) is 18.8 Å². The first kappa shape index (κ1) is 26.6. The van der Waals surface area contributed by atoms with E-state index in [0.717, 1.165) is 10.6 Å². The molecule has 8 heteroatoms. The van der Waals surface area contributed by atoms with Gasteiger partial charge in [0.2, 0.25) is 0 Å². The Labute approximate surface area is 207 Å². The maximum atomic E-state index is 12.7. The number of nitrogens with zero attached hydrogens (tertiary/aromatic N) is 3. The zero-order valence-electron chi connectivity index (χ0n) is 22.0. The van der Waals surface area contributed by atoms with Crippen LogP contribution in [0.15, 0.2) is 42.7 Å². The highest BCUT2D eigenvalue weighted by Crippen LogP contribution is 2.51. The Bertz CT molecular complexity index is 1070. The highest BCUT2D eigenvalue weighted by atomic mass is 16.7. The highest BCUT2D eigenvalue weighted by Gasteiger charge is 2.58. The third-order valence-corrected chi connectivity index (χ3v) is 6.56. The summed E-state index contributed by atoms with van der Waals surface area (Å²) in [4.78, 5) is 36.3. The quantitative estimate of drug-likeness (QED) is 0.615. The van der Waals surface area contributed by atoms with Crippen LogP contribution in [-0.4, -0.2) is 64.9 Å². The van der Waals surface area contributed by atoms with Gasteiger partial charge in [-0.05, 0) is 43.9 Å². The van der Waals surface area contributed by atoms with Gasteiger partial charge in [0.1, 0.15) is 11.2 Å². The van der Waals surface area contributed by atoms with Crippen LogP contribution < -0.4 is 0 Å². The number of ether oxygens (including phenoxy) is 1. The average molecular weight is 484 g/mol. The van der Waals surface area contributed by atoms with E-state index in [1.807, 2.05) is 52.0 Å². The summed E-state index contributed by atoms with van der Waals surface area (Å²) in [5, 5.41) is 13.5. The van der Waals surface area contributed by atoms with Gasteiger partial charge < -0.3 is 14.7 Å². The lowest BCUT2D eigenvalue weighted by atomic mass is 9.62. The van der Waals surface area contributed by atoms with Crippen LogP contribution in [0, 0.1) is 5.41 Å². The Balaban J connectivity index is 2.05. The molecule has 0 radical (unpaired) electrons. The van der Waals surface area contributed by atoms with Crippen molar-refractivity contribution in [2.75, 3.05) is 27.2 Å². The van der Waals surface area contributed by atoms with E-state index < -0.39 is 22.7 Å². The van der Waals surface area contributed by atoms with Crippen LogP contribution in [-0.2, 0) is 15.2 Å². The fourth-order valence-electron chi connectivity index (χ4n) is 4.47. The highest BCUT2D eigenvalue weighted by molar-refractivity contribution is 5.93. The van der Waals surface area contributed by atoms with Crippen molar-refractivity contribution < 1.29 is 24.3 Å². The number of rotatable bonds is 6. The van der Waals surface area contributed by atoms with Crippen LogP contribution in [0.4, 0.5) is 4.79 Å². The Morgan fingerprint density at radius 2 is 1.71 bits per heavy atom. The maximum absolute atomic E-state index is 12.7. The summed E-state index contributed by atoms with van der Waals surface area (Å²) in [5.74, 6) is -0.0419. The van der Waals surface area contributed by atoms with Crippen LogP contribution in [0.3, 0.4) is 0 Å². The Kier molecular flexibility index (Phi) is 7.29. The summed E-state index contributed by atoms with van der Waals surface area (Å²) >= 11 is 0. The fourth-order valence-corrected chi connectivity index (χ4v) is 4.47. The SMILES string of the molecule is CON(C)C(=O)c1cncc([C@@](O)(c2ccc(C(C)C)cc2)C2(C)CN(C(=O)OC(C)(C)C)C2)c1. The predicted octanol–water partition coefficient (Wildman–Crippen LogP) is 4.33. The number of aromatic nitrogens is 1. The lowest BCUT2D eigenvalue weighted by molar-refractivity contribution is -0.131. The van der Waals surface area contributed by atoms with Crippen LogP contribution in [0.25, 0.3) is 0 Å². The second-order valence-electron chi connectivity index (χ2n) is 10.8. The van der Waals surface area contributed by atoms with Crippen molar-refractivity contribution in [3.8, 4) is 0 Å². The average Bonchev–Trinajstić information content (AvgIpc) is 2.79. The third kappa shape index (κ3) is 5.18. The first-order chi connectivity index (χ1) is 16.2. The van der Waals surface area contributed by atoms with Gasteiger partial charge in [-0.2, -0.15) is 0 Å². The molecular weight excluding hydrogens is 446 g/mol. The first-order valence-corrected chi connectivity index (χ1v) is 11.8. The van der Waals surface area contributed by atoms with Crippen molar-refractivity contribution in [2.45, 2.75) is 58.7 Å². The standard InChI is InChI=1S/C27H37N3O5/c1-18(2)19-9-11-21(12-10-19)27(33,22-13-20(14-28-15-22)23(31)29(7)34-8)26(6)16-30(17-26)24(32)35-25(3,4)5/h9-15,18,33H,16-17H2,1-8H3/t27-/m0/s1. The van der Waals surface area contributed by atoms with Gasteiger partial charge in [-0.3, -0.25) is 14.6 Å². The maximum Gasteiger partial charge on any atom is 0.410 e. The number of likely N-dealkylation sites (tertiary alicyclic amines) is 1. The van der Waals surface area contributed by atoms with E-state index >= 15 is 0 Å². The molecule has 8 nitrogen and oxygen atoms in total. The summed E-state index contributed by atoms with van der Waals surface area (Å²) in [6.45, 7) is 12.2. The molecule has 0 spiro atoms. The summed E-state index contributed by atoms with van der Waals surface area (Å²) in [7, 11) is 2.92. The summed E-state index contributed by atoms with van der Waals surface area (Å²) < 4.78 is 5.52. The zero-order valence-corrected chi connectivity index (χ0v) is 22.0. The minimum Gasteiger partial charge on any atom is -0.444 e. The van der Waals surface area contributed by atoms with Crippen molar-refractivity contribution in [3.05, 3.63) is 65.0 Å². The number of carbonyl (C=O) groups excluding carboxylic acids is 2. The number of carbonyl (C=O) groups is 2. The van der Waals surface area contributed by atoms with Crippen LogP contribution in [0.5, 0.6) is 0 Å². The molecule has 2 amide bonds. The number of aliphatic hydroxyl groups is 1. The van der Waals surface area contributed by atoms with Gasteiger partial charge in [0, 0.05) is 43.5 Å². The van der Waals surface area contributed by atoms with Crippen LogP contribution >= 0.6 is 0 Å². The monoisotopic (exact) mass is 483 g/mol. The zero-order chi connectivity index (χ0) is 26.2. The molecule has 1 N–H and O–H groups in total. The second kappa shape index (κ2) is 9.59. The molecule has 35 heavy (non-hydrogen) atoms. The molecule has 1 saturated heterocycles. The molecular formula is C27H37N3O5. The first-order valence-electron chi connectivity index (χ1n) is 11.8. The number of benzene rings is 1. The van der Waals surface area contributed by atoms with Gasteiger partial charge >= 0.3 is 6.09 Å². The third-order valence-electron chi connectivity index (χ3n) is 6.56. The Hall–Kier alpha value is -2.97. The number of amides is 2. The Morgan fingerprint density at radius 1 is 1.11 bits per heavy atom. The molecule has 1 atom stereocenters. The minimum absolute atomic E-state index is 0.278. The molecule has 190 valence electrons. The molecule has 1 fully saturated rings. The van der Waals surface area contributed by atoms with Gasteiger partial charge in [-0.15, -0.1) is 0 Å². The molecule has 0 saturated carbocycles. The molecule has 0 unspecified atom stereocenters. The lowest BCUT2D eigenvalue weighted by Crippen LogP contribution is -2.66. The van der Waals surface area contributed by atoms with Crippen molar-refractivity contribution in [1.29, 1.82) is 0 Å². The van der Waals surface area contributed by atoms with E-state index in [0.29, 0.717) is 17.0 Å². The van der Waals surface area contributed by atoms with Gasteiger partial charge in [0.25, 0.3) is 5.91 Å². The minimum atomic E-state index is -1.52. The van der Waals surface area contributed by atoms with E-state index in [9.17, 15) is 14.7 Å². The van der Waals surface area contributed by atoms with Crippen molar-refractivity contribution >= 4 is 12.0 Å². The fraction of sp³-hybridized carbons (Fsp3) is 0.519. The van der Waals surface area contributed by atoms with Crippen LogP contribution in [0.1, 0.15) is 74.5 Å². The smallest absolute Gasteiger partial charge is 0.410 e. The topological polar surface area (TPSA) is 92.2 Å². The number of hydrogen-bond donors (Lipinski definition) is 1. The number of hydroxylamine groups is 2. The molecule has 2 heterocycles. The van der Waals surface area contributed by atoms with Gasteiger partial charge in [-0.1, -0.05) is 45.0 Å². The molecule has 1 aromatic heterocycles. The van der Waals surface area contributed by atoms with Crippen molar-refractivity contribution in [3.63, 3.8) is 0 Å². The number of pyridine rings is 1. The van der Waals surface area contributed by atoms with Gasteiger partial charge in [-0.25, -0.2) is 9.86 Å². The molecule has 1 aromatic carbocycles. The number of hydrogen-bond acceptors (Lipinski definition) is 6. The summed E-state index contributed by atoms with van der Waals surface area (Å²) in [6.07, 6.45) is 2.59. The second-order valence-corrected chi connectivity index (χ2v) is 10.8. The molecule has 1 aliphatic heterocycles. The van der Waals surface area contributed by atoms with E-state index in [-0.39, 0.29) is 24.6 Å². The normalized spacial score (nSPS) is 16.9. The van der Waals surface area contributed by atoms with Crippen LogP contribution in [0.2, 0.25) is 0 Å². The molecule has 2 aromatic rings. The summed E-state index contributed by atoms with van der Waals surface area (Å²) in [6, 6.07) is 9.46. The predicted molar refractivity (Wildman–Crippen MR) is 133 cm³/mol. The molecule has 0 bridgehead atoms. The molecule has 0 aliphatic carbocycles. The van der Waals surface area contributed by atoms with Crippen molar-refractivity contribution in [2.24, 2.45) is 5.41 Å². The Morgan fingerprint density at radius 3 is 2.23 bits per heavy atom. The van der Waals surface area contributed by atoms with E-state index in [4.69, 9.17) is 9.57 Å². The van der Waals surface area contributed by atoms with Crippen molar-refractivity contribution in [1.82, 2.24) is 14.9 Å². The van der Waals surface area contributed by atoms with Gasteiger partial charge in [0.15, 0.2) is 0 Å². The van der Waals surface area contributed by atoms with E-state index in [1.165, 1.54) is 20.4 Å². The molecule has 3 rings (SSSR count).